The summed E-state index contributed by atoms with van der Waals surface area (Å²) in [5.41, 5.74) is 9.99. The molecule has 4 heteroatoms. The van der Waals surface area contributed by atoms with Gasteiger partial charge in [-0.15, -0.1) is 0 Å². The Morgan fingerprint density at radius 3 is 0.860 bits per heavy atom. The standard InChI is InChI=1S/C53H72NO2.BrH/c1-47(2,3)37-17-25-41(26-18-37)52(42-27-19-38(20-28-42)48(4,5)6)35-54(33-15-16-34-54)36-53(46-45(52)55-51(13,14)56-46,43-29-21-39(22-30-43)49(7,8)9)44-31-23-40(24-32-44)50(10,11)12;/h17-32,45-46H,15-16,33-36H2,1-14H3;1H/q+1;/p-1/t45-,46-;/m1./s1. The molecule has 0 aliphatic carbocycles. The van der Waals surface area contributed by atoms with Crippen LogP contribution in [0.5, 0.6) is 0 Å². The highest BCUT2D eigenvalue weighted by Gasteiger charge is 2.68. The molecule has 308 valence electrons. The summed E-state index contributed by atoms with van der Waals surface area (Å²) in [7, 11) is 0. The number of nitrogens with zero attached hydrogens (tertiary/aromatic N) is 1. The van der Waals surface area contributed by atoms with Crippen LogP contribution in [0.2, 0.25) is 0 Å². The monoisotopic (exact) mass is 833 g/mol. The van der Waals surface area contributed by atoms with Crippen molar-refractivity contribution in [2.75, 3.05) is 26.2 Å². The van der Waals surface area contributed by atoms with Gasteiger partial charge in [-0.2, -0.15) is 0 Å². The van der Waals surface area contributed by atoms with E-state index >= 15 is 0 Å². The molecule has 0 amide bonds. The molecular weight excluding hydrogens is 762 g/mol. The summed E-state index contributed by atoms with van der Waals surface area (Å²) in [6.07, 6.45) is 1.93. The highest BCUT2D eigenvalue weighted by Crippen LogP contribution is 2.57. The summed E-state index contributed by atoms with van der Waals surface area (Å²) in [5.74, 6) is -0.785. The number of hydrogen-bond acceptors (Lipinski definition) is 2. The number of halogens is 1. The average Bonchev–Trinajstić information content (AvgIpc) is 3.69. The summed E-state index contributed by atoms with van der Waals surface area (Å²) < 4.78 is 16.2. The Kier molecular flexibility index (Phi) is 11.3. The highest BCUT2D eigenvalue weighted by molar-refractivity contribution is 5.51. The van der Waals surface area contributed by atoms with Crippen molar-refractivity contribution in [3.05, 3.63) is 142 Å². The first kappa shape index (κ1) is 43.8. The van der Waals surface area contributed by atoms with Crippen LogP contribution in [0.1, 0.15) is 154 Å². The number of quaternary nitrogens is 1. The maximum absolute atomic E-state index is 7.58. The molecule has 0 aromatic heterocycles. The Morgan fingerprint density at radius 2 is 0.649 bits per heavy atom. The molecule has 57 heavy (non-hydrogen) atoms. The molecule has 2 atom stereocenters. The fraction of sp³-hybridized carbons (Fsp3) is 0.547. The highest BCUT2D eigenvalue weighted by atomic mass is 79.9. The lowest BCUT2D eigenvalue weighted by molar-refractivity contribution is -0.922. The van der Waals surface area contributed by atoms with Crippen LogP contribution in [0.3, 0.4) is 0 Å². The van der Waals surface area contributed by atoms with Gasteiger partial charge in [0.15, 0.2) is 5.79 Å². The molecule has 0 unspecified atom stereocenters. The summed E-state index contributed by atoms with van der Waals surface area (Å²) in [4.78, 5) is 0. The number of fused-ring (bicyclic) bond motifs is 1. The van der Waals surface area contributed by atoms with Crippen molar-refractivity contribution in [2.45, 2.75) is 160 Å². The van der Waals surface area contributed by atoms with Gasteiger partial charge in [-0.3, -0.25) is 0 Å². The normalized spacial score (nSPS) is 22.8. The van der Waals surface area contributed by atoms with Gasteiger partial charge in [0.25, 0.3) is 0 Å². The van der Waals surface area contributed by atoms with E-state index in [1.807, 2.05) is 0 Å². The molecular formula is C53H72BrNO2. The SMILES string of the molecule is CC1(C)O[C@@H]2[C@@H](O1)C(c1ccc(C(C)(C)C)cc1)(c1ccc(C(C)(C)C)cc1)C[N+]1(CCCC1)CC2(c1ccc(C(C)(C)C)cc1)c1ccc(C(C)(C)C)cc1.[Br-]. The summed E-state index contributed by atoms with van der Waals surface area (Å²) in [6.45, 7) is 36.3. The van der Waals surface area contributed by atoms with E-state index in [0.29, 0.717) is 0 Å². The van der Waals surface area contributed by atoms with Gasteiger partial charge < -0.3 is 30.9 Å². The van der Waals surface area contributed by atoms with Crippen LogP contribution in [0.4, 0.5) is 0 Å². The first-order valence-electron chi connectivity index (χ1n) is 21.5. The summed E-state index contributed by atoms with van der Waals surface area (Å²) >= 11 is 0. The van der Waals surface area contributed by atoms with Crippen LogP contribution in [0.25, 0.3) is 0 Å². The molecule has 0 bridgehead atoms. The van der Waals surface area contributed by atoms with E-state index in [1.165, 1.54) is 57.3 Å². The Labute approximate surface area is 357 Å². The second-order valence-corrected chi connectivity index (χ2v) is 22.5. The molecule has 4 aromatic carbocycles. The Balaban J connectivity index is 0.00000549. The van der Waals surface area contributed by atoms with Gasteiger partial charge >= 0.3 is 0 Å². The zero-order valence-corrected chi connectivity index (χ0v) is 39.4. The molecule has 1 spiro atoms. The maximum atomic E-state index is 7.58. The van der Waals surface area contributed by atoms with E-state index in [2.05, 4.69) is 194 Å². The van der Waals surface area contributed by atoms with Crippen molar-refractivity contribution in [1.82, 2.24) is 0 Å². The second kappa shape index (κ2) is 14.8. The molecule has 3 heterocycles. The van der Waals surface area contributed by atoms with Crippen LogP contribution in [-0.4, -0.2) is 48.7 Å². The van der Waals surface area contributed by atoms with Crippen molar-refractivity contribution < 1.29 is 30.9 Å². The lowest BCUT2D eigenvalue weighted by atomic mass is 9.62. The smallest absolute Gasteiger partial charge is 0.163 e. The quantitative estimate of drug-likeness (QED) is 0.191. The number of benzene rings is 4. The molecule has 3 aliphatic heterocycles. The van der Waals surface area contributed by atoms with Gasteiger partial charge in [0.1, 0.15) is 12.2 Å². The Morgan fingerprint density at radius 1 is 0.421 bits per heavy atom. The fourth-order valence-corrected chi connectivity index (χ4v) is 10.5. The molecule has 0 saturated carbocycles. The first-order valence-corrected chi connectivity index (χ1v) is 21.5. The van der Waals surface area contributed by atoms with Gasteiger partial charge in [0.2, 0.25) is 0 Å². The van der Waals surface area contributed by atoms with E-state index in [1.54, 1.807) is 0 Å². The number of ether oxygens (including phenoxy) is 2. The third-order valence-corrected chi connectivity index (χ3v) is 13.8. The van der Waals surface area contributed by atoms with Crippen molar-refractivity contribution in [3.63, 3.8) is 0 Å². The van der Waals surface area contributed by atoms with Crippen molar-refractivity contribution in [2.24, 2.45) is 0 Å². The van der Waals surface area contributed by atoms with E-state index < -0.39 is 16.6 Å². The molecule has 0 N–H and O–H groups in total. The van der Waals surface area contributed by atoms with E-state index in [4.69, 9.17) is 9.47 Å². The lowest BCUT2D eigenvalue weighted by Crippen LogP contribution is -3.00. The molecule has 0 radical (unpaired) electrons. The molecule has 4 aromatic rings. The van der Waals surface area contributed by atoms with Crippen LogP contribution in [0, 0.1) is 0 Å². The zero-order chi connectivity index (χ0) is 40.7. The minimum absolute atomic E-state index is 0. The van der Waals surface area contributed by atoms with Gasteiger partial charge in [-0.25, -0.2) is 0 Å². The predicted molar refractivity (Wildman–Crippen MR) is 235 cm³/mol. The Hall–Kier alpha value is -2.76. The summed E-state index contributed by atoms with van der Waals surface area (Å²) in [5, 5.41) is 0. The maximum Gasteiger partial charge on any atom is 0.163 e. The number of rotatable bonds is 4. The Bertz CT molecular complexity index is 1730. The molecule has 3 aliphatic rings. The van der Waals surface area contributed by atoms with Gasteiger partial charge in [-0.1, -0.05) is 180 Å². The molecule has 7 rings (SSSR count). The molecule has 3 nitrogen and oxygen atoms in total. The minimum atomic E-state index is -0.785. The molecule has 3 saturated heterocycles. The van der Waals surface area contributed by atoms with Crippen LogP contribution < -0.4 is 17.0 Å². The van der Waals surface area contributed by atoms with Crippen LogP contribution >= 0.6 is 0 Å². The molecule has 3 fully saturated rings. The first-order chi connectivity index (χ1) is 25.9. The van der Waals surface area contributed by atoms with Crippen molar-refractivity contribution >= 4 is 0 Å². The van der Waals surface area contributed by atoms with Crippen molar-refractivity contribution in [3.8, 4) is 0 Å². The zero-order valence-electron chi connectivity index (χ0n) is 37.8. The van der Waals surface area contributed by atoms with Gasteiger partial charge in [-0.05, 0) is 80.0 Å². The minimum Gasteiger partial charge on any atom is -1.00 e. The van der Waals surface area contributed by atoms with E-state index in [0.717, 1.165) is 30.7 Å². The average molecular weight is 835 g/mol. The van der Waals surface area contributed by atoms with Gasteiger partial charge in [0.05, 0.1) is 37.0 Å². The van der Waals surface area contributed by atoms with Crippen LogP contribution in [0.15, 0.2) is 97.1 Å². The van der Waals surface area contributed by atoms with Crippen LogP contribution in [-0.2, 0) is 42.0 Å². The van der Waals surface area contributed by atoms with Gasteiger partial charge in [0, 0.05) is 12.8 Å². The number of hydrogen-bond donors (Lipinski definition) is 0. The third-order valence-electron chi connectivity index (χ3n) is 13.8. The fourth-order valence-electron chi connectivity index (χ4n) is 10.5. The van der Waals surface area contributed by atoms with E-state index in [-0.39, 0.29) is 50.8 Å². The predicted octanol–water partition coefficient (Wildman–Crippen LogP) is 9.30. The van der Waals surface area contributed by atoms with Crippen molar-refractivity contribution in [1.29, 1.82) is 0 Å². The second-order valence-electron chi connectivity index (χ2n) is 22.5. The largest absolute Gasteiger partial charge is 1.00 e. The van der Waals surface area contributed by atoms with E-state index in [9.17, 15) is 0 Å². The lowest BCUT2D eigenvalue weighted by Gasteiger charge is -2.46. The third kappa shape index (κ3) is 7.99. The topological polar surface area (TPSA) is 18.5 Å². The summed E-state index contributed by atoms with van der Waals surface area (Å²) in [6, 6.07) is 38.7.